The summed E-state index contributed by atoms with van der Waals surface area (Å²) in [6, 6.07) is 2.17. The number of aryl methyl sites for hydroxylation is 1. The number of pyridine rings is 1. The normalized spacial score (nSPS) is 15.1. The predicted octanol–water partition coefficient (Wildman–Crippen LogP) is 4.11. The summed E-state index contributed by atoms with van der Waals surface area (Å²) in [7, 11) is 0. The number of rotatable bonds is 4. The summed E-state index contributed by atoms with van der Waals surface area (Å²) in [5.41, 5.74) is 11.0. The van der Waals surface area contributed by atoms with Crippen LogP contribution in [0.25, 0.3) is 22.0 Å². The molecule has 1 aliphatic carbocycles. The lowest BCUT2D eigenvalue weighted by atomic mass is 9.98. The first-order valence-corrected chi connectivity index (χ1v) is 10.9. The topological polar surface area (TPSA) is 116 Å². The first-order valence-electron chi connectivity index (χ1n) is 10.9. The van der Waals surface area contributed by atoms with Gasteiger partial charge in [-0.1, -0.05) is 0 Å². The van der Waals surface area contributed by atoms with E-state index in [0.29, 0.717) is 53.1 Å². The number of nitrogens with two attached hydrogens (primary N) is 1. The Balaban J connectivity index is 1.42. The Morgan fingerprint density at radius 3 is 2.88 bits per heavy atom. The number of nitrogen functional groups attached to an aromatic ring is 1. The Labute approximate surface area is 189 Å². The van der Waals surface area contributed by atoms with Crippen molar-refractivity contribution in [3.8, 4) is 17.0 Å². The van der Waals surface area contributed by atoms with Crippen molar-refractivity contribution in [1.82, 2.24) is 24.7 Å². The standard InChI is InChI=1S/C23H23FN8O/c1-11-15(8-27-22-21(11)26-5-6-33-22)14-7-17-16(20(25)19(14)24)9-28-23(29-17)30-18-10-32(13-3-4-13)31-12(18)2/h7-10,13,26H,3-6,25H2,1-2H3,(H,28,29,30). The molecule has 0 saturated heterocycles. The molecule has 0 amide bonds. The number of aromatic nitrogens is 5. The molecule has 4 heterocycles. The van der Waals surface area contributed by atoms with Crippen molar-refractivity contribution in [1.29, 1.82) is 0 Å². The molecule has 4 aromatic rings. The molecule has 9 nitrogen and oxygen atoms in total. The van der Waals surface area contributed by atoms with Crippen LogP contribution in [0.1, 0.15) is 30.1 Å². The maximum Gasteiger partial charge on any atom is 0.237 e. The molecule has 6 rings (SSSR count). The monoisotopic (exact) mass is 446 g/mol. The number of anilines is 4. The van der Waals surface area contributed by atoms with Crippen LogP contribution in [0, 0.1) is 19.7 Å². The van der Waals surface area contributed by atoms with Gasteiger partial charge in [0, 0.05) is 41.6 Å². The van der Waals surface area contributed by atoms with Gasteiger partial charge in [-0.05, 0) is 38.3 Å². The van der Waals surface area contributed by atoms with Gasteiger partial charge in [-0.2, -0.15) is 5.10 Å². The Morgan fingerprint density at radius 1 is 1.21 bits per heavy atom. The predicted molar refractivity (Wildman–Crippen MR) is 124 cm³/mol. The van der Waals surface area contributed by atoms with Crippen molar-refractivity contribution in [2.24, 2.45) is 0 Å². The lowest BCUT2D eigenvalue weighted by Crippen LogP contribution is -2.20. The number of hydrogen-bond donors (Lipinski definition) is 3. The fraction of sp³-hybridized carbons (Fsp3) is 0.304. The second kappa shape index (κ2) is 7.29. The van der Waals surface area contributed by atoms with Crippen molar-refractivity contribution in [2.45, 2.75) is 32.7 Å². The number of halogens is 1. The van der Waals surface area contributed by atoms with Crippen LogP contribution >= 0.6 is 0 Å². The highest BCUT2D eigenvalue weighted by atomic mass is 19.1. The zero-order valence-electron chi connectivity index (χ0n) is 18.3. The molecule has 1 fully saturated rings. The third-order valence-corrected chi connectivity index (χ3v) is 6.18. The third-order valence-electron chi connectivity index (χ3n) is 6.18. The summed E-state index contributed by atoms with van der Waals surface area (Å²) in [5, 5.41) is 11.5. The second-order valence-corrected chi connectivity index (χ2v) is 8.49. The SMILES string of the molecule is Cc1nn(C2CC2)cc1Nc1ncc2c(N)c(F)c(-c3cnc4c(c3C)NCCO4)cc2n1. The molecular formula is C23H23FN8O. The highest BCUT2D eigenvalue weighted by Gasteiger charge is 2.25. The van der Waals surface area contributed by atoms with Crippen LogP contribution in [0.4, 0.5) is 27.4 Å². The van der Waals surface area contributed by atoms with Crippen molar-refractivity contribution in [3.63, 3.8) is 0 Å². The summed E-state index contributed by atoms with van der Waals surface area (Å²) >= 11 is 0. The minimum Gasteiger partial charge on any atom is -0.474 e. The molecule has 3 aromatic heterocycles. The Hall–Kier alpha value is -3.95. The summed E-state index contributed by atoms with van der Waals surface area (Å²) < 4.78 is 22.9. The molecule has 4 N–H and O–H groups in total. The summed E-state index contributed by atoms with van der Waals surface area (Å²) in [5.74, 6) is 0.399. The van der Waals surface area contributed by atoms with Gasteiger partial charge >= 0.3 is 0 Å². The van der Waals surface area contributed by atoms with Gasteiger partial charge in [0.2, 0.25) is 11.8 Å². The van der Waals surface area contributed by atoms with Gasteiger partial charge in [-0.15, -0.1) is 0 Å². The molecule has 0 atom stereocenters. The van der Waals surface area contributed by atoms with E-state index < -0.39 is 5.82 Å². The number of benzene rings is 1. The van der Waals surface area contributed by atoms with E-state index >= 15 is 4.39 Å². The van der Waals surface area contributed by atoms with Gasteiger partial charge in [0.05, 0.1) is 28.6 Å². The van der Waals surface area contributed by atoms with Crippen LogP contribution in [0.5, 0.6) is 5.88 Å². The average molecular weight is 446 g/mol. The molecule has 10 heteroatoms. The molecule has 0 spiro atoms. The van der Waals surface area contributed by atoms with Crippen molar-refractivity contribution >= 4 is 33.9 Å². The van der Waals surface area contributed by atoms with E-state index in [1.165, 1.54) is 0 Å². The molecule has 0 unspecified atom stereocenters. The highest BCUT2D eigenvalue weighted by Crippen LogP contribution is 2.39. The summed E-state index contributed by atoms with van der Waals surface area (Å²) in [4.78, 5) is 13.3. The summed E-state index contributed by atoms with van der Waals surface area (Å²) in [6.45, 7) is 5.06. The Morgan fingerprint density at radius 2 is 2.06 bits per heavy atom. The summed E-state index contributed by atoms with van der Waals surface area (Å²) in [6.07, 6.45) is 7.43. The van der Waals surface area contributed by atoms with Gasteiger partial charge in [0.15, 0.2) is 5.82 Å². The molecule has 168 valence electrons. The molecular weight excluding hydrogens is 423 g/mol. The maximum atomic E-state index is 15.3. The first kappa shape index (κ1) is 19.7. The molecule has 2 aliphatic rings. The highest BCUT2D eigenvalue weighted by molar-refractivity contribution is 5.96. The van der Waals surface area contributed by atoms with Crippen molar-refractivity contribution in [3.05, 3.63) is 41.7 Å². The molecule has 1 saturated carbocycles. The van der Waals surface area contributed by atoms with Crippen molar-refractivity contribution in [2.75, 3.05) is 29.5 Å². The fourth-order valence-corrected chi connectivity index (χ4v) is 4.18. The molecule has 1 aliphatic heterocycles. The van der Waals surface area contributed by atoms with E-state index in [1.807, 2.05) is 24.7 Å². The van der Waals surface area contributed by atoms with E-state index in [0.717, 1.165) is 35.5 Å². The van der Waals surface area contributed by atoms with E-state index in [1.54, 1.807) is 18.5 Å². The van der Waals surface area contributed by atoms with E-state index in [2.05, 4.69) is 30.7 Å². The number of nitrogens with zero attached hydrogens (tertiary/aromatic N) is 5. The minimum atomic E-state index is -0.519. The van der Waals surface area contributed by atoms with Gasteiger partial charge in [0.1, 0.15) is 12.3 Å². The Kier molecular flexibility index (Phi) is 4.36. The lowest BCUT2D eigenvalue weighted by Gasteiger charge is -2.22. The quantitative estimate of drug-likeness (QED) is 0.401. The average Bonchev–Trinajstić information content (AvgIpc) is 3.61. The van der Waals surface area contributed by atoms with Crippen LogP contribution in [-0.4, -0.2) is 37.9 Å². The number of ether oxygens (including phenoxy) is 1. The van der Waals surface area contributed by atoms with Crippen LogP contribution in [0.15, 0.2) is 24.7 Å². The van der Waals surface area contributed by atoms with Crippen LogP contribution in [-0.2, 0) is 0 Å². The number of fused-ring (bicyclic) bond motifs is 2. The Bertz CT molecular complexity index is 1410. The van der Waals surface area contributed by atoms with Crippen molar-refractivity contribution < 1.29 is 9.13 Å². The van der Waals surface area contributed by atoms with Gasteiger partial charge in [-0.3, -0.25) is 4.68 Å². The zero-order valence-corrected chi connectivity index (χ0v) is 18.3. The van der Waals surface area contributed by atoms with E-state index in [-0.39, 0.29) is 5.69 Å². The van der Waals surface area contributed by atoms with Crippen LogP contribution in [0.2, 0.25) is 0 Å². The molecule has 0 bridgehead atoms. The second-order valence-electron chi connectivity index (χ2n) is 8.49. The van der Waals surface area contributed by atoms with Gasteiger partial charge in [-0.25, -0.2) is 19.3 Å². The van der Waals surface area contributed by atoms with Crippen LogP contribution < -0.4 is 21.1 Å². The third kappa shape index (κ3) is 3.29. The largest absolute Gasteiger partial charge is 0.474 e. The lowest BCUT2D eigenvalue weighted by molar-refractivity contribution is 0.310. The number of nitrogens with one attached hydrogen (secondary N) is 2. The van der Waals surface area contributed by atoms with Crippen LogP contribution in [0.3, 0.4) is 0 Å². The molecule has 33 heavy (non-hydrogen) atoms. The fourth-order valence-electron chi connectivity index (χ4n) is 4.18. The van der Waals surface area contributed by atoms with Gasteiger partial charge in [0.25, 0.3) is 0 Å². The minimum absolute atomic E-state index is 0.00751. The maximum absolute atomic E-state index is 15.3. The zero-order chi connectivity index (χ0) is 22.7. The molecule has 1 aromatic carbocycles. The smallest absolute Gasteiger partial charge is 0.237 e. The van der Waals surface area contributed by atoms with E-state index in [9.17, 15) is 0 Å². The molecule has 0 radical (unpaired) electrons. The van der Waals surface area contributed by atoms with Gasteiger partial charge < -0.3 is 21.1 Å². The van der Waals surface area contributed by atoms with E-state index in [4.69, 9.17) is 10.5 Å². The number of hydrogen-bond acceptors (Lipinski definition) is 8. The first-order chi connectivity index (χ1) is 16.0.